The van der Waals surface area contributed by atoms with Crippen molar-refractivity contribution in [1.82, 2.24) is 5.32 Å². The van der Waals surface area contributed by atoms with E-state index in [1.807, 2.05) is 20.0 Å². The summed E-state index contributed by atoms with van der Waals surface area (Å²) in [6.45, 7) is 7.06. The first kappa shape index (κ1) is 16.4. The Kier molecular flexibility index (Phi) is 5.39. The average molecular weight is 293 g/mol. The Balaban J connectivity index is 2.39. The molecular formula is C18H28FNO. The summed E-state index contributed by atoms with van der Waals surface area (Å²) >= 11 is 0. The van der Waals surface area contributed by atoms with Gasteiger partial charge in [-0.15, -0.1) is 0 Å². The molecule has 1 fully saturated rings. The van der Waals surface area contributed by atoms with E-state index in [-0.39, 0.29) is 17.5 Å². The summed E-state index contributed by atoms with van der Waals surface area (Å²) in [5, 5.41) is 3.45. The molecule has 2 rings (SSSR count). The number of benzene rings is 1. The van der Waals surface area contributed by atoms with Crippen molar-refractivity contribution >= 4 is 0 Å². The topological polar surface area (TPSA) is 21.3 Å². The molecule has 1 aromatic rings. The molecule has 0 bridgehead atoms. The lowest BCUT2D eigenvalue weighted by atomic mass is 9.72. The van der Waals surface area contributed by atoms with Crippen molar-refractivity contribution < 1.29 is 9.13 Å². The van der Waals surface area contributed by atoms with Crippen molar-refractivity contribution in [3.05, 3.63) is 35.1 Å². The Labute approximate surface area is 128 Å². The second-order valence-corrected chi connectivity index (χ2v) is 6.42. The van der Waals surface area contributed by atoms with Crippen molar-refractivity contribution in [2.45, 2.75) is 58.1 Å². The first-order valence-corrected chi connectivity index (χ1v) is 8.09. The third kappa shape index (κ3) is 3.46. The van der Waals surface area contributed by atoms with E-state index in [2.05, 4.69) is 19.2 Å². The molecule has 3 unspecified atom stereocenters. The molecule has 0 saturated heterocycles. The van der Waals surface area contributed by atoms with Crippen molar-refractivity contribution in [1.29, 1.82) is 0 Å². The standard InChI is InChI=1S/C18H28FNO/c1-5-21-18(10-6-7-13(2)12-18)17(20-4)16-9-8-15(19)11-14(16)3/h8-9,11,13,17,20H,5-7,10,12H2,1-4H3. The smallest absolute Gasteiger partial charge is 0.123 e. The SMILES string of the molecule is CCOC1(C(NC)c2ccc(F)cc2C)CCCC(C)C1. The maximum atomic E-state index is 13.4. The number of aryl methyl sites for hydroxylation is 1. The predicted molar refractivity (Wildman–Crippen MR) is 84.9 cm³/mol. The van der Waals surface area contributed by atoms with Crippen molar-refractivity contribution in [2.24, 2.45) is 5.92 Å². The van der Waals surface area contributed by atoms with Gasteiger partial charge in [0.1, 0.15) is 5.82 Å². The molecule has 0 spiro atoms. The first-order valence-electron chi connectivity index (χ1n) is 8.09. The molecule has 1 N–H and O–H groups in total. The van der Waals surface area contributed by atoms with Gasteiger partial charge in [0.2, 0.25) is 0 Å². The van der Waals surface area contributed by atoms with Gasteiger partial charge in [-0.05, 0) is 62.9 Å². The highest BCUT2D eigenvalue weighted by atomic mass is 19.1. The Bertz CT molecular complexity index is 472. The van der Waals surface area contributed by atoms with E-state index in [4.69, 9.17) is 4.74 Å². The first-order chi connectivity index (χ1) is 10.0. The maximum absolute atomic E-state index is 13.4. The van der Waals surface area contributed by atoms with Crippen molar-refractivity contribution in [3.8, 4) is 0 Å². The fourth-order valence-corrected chi connectivity index (χ4v) is 3.97. The summed E-state index contributed by atoms with van der Waals surface area (Å²) in [7, 11) is 1.98. The minimum Gasteiger partial charge on any atom is -0.373 e. The second-order valence-electron chi connectivity index (χ2n) is 6.42. The monoisotopic (exact) mass is 293 g/mol. The van der Waals surface area contributed by atoms with E-state index in [0.717, 1.165) is 24.0 Å². The molecule has 2 nitrogen and oxygen atoms in total. The zero-order chi connectivity index (χ0) is 15.5. The fraction of sp³-hybridized carbons (Fsp3) is 0.667. The summed E-state index contributed by atoms with van der Waals surface area (Å²) in [4.78, 5) is 0. The summed E-state index contributed by atoms with van der Waals surface area (Å²) in [5.41, 5.74) is 1.97. The van der Waals surface area contributed by atoms with Crippen LogP contribution in [0.2, 0.25) is 0 Å². The predicted octanol–water partition coefficient (Wildman–Crippen LogP) is 4.38. The minimum absolute atomic E-state index is 0.112. The molecular weight excluding hydrogens is 265 g/mol. The van der Waals surface area contributed by atoms with Gasteiger partial charge in [-0.25, -0.2) is 4.39 Å². The van der Waals surface area contributed by atoms with Crippen LogP contribution in [0, 0.1) is 18.7 Å². The van der Waals surface area contributed by atoms with Crippen molar-refractivity contribution in [2.75, 3.05) is 13.7 Å². The molecule has 1 aliphatic carbocycles. The lowest BCUT2D eigenvalue weighted by molar-refractivity contribution is -0.100. The number of hydrogen-bond donors (Lipinski definition) is 1. The number of hydrogen-bond acceptors (Lipinski definition) is 2. The van der Waals surface area contributed by atoms with Crippen LogP contribution in [0.15, 0.2) is 18.2 Å². The quantitative estimate of drug-likeness (QED) is 0.870. The van der Waals surface area contributed by atoms with Gasteiger partial charge in [0, 0.05) is 6.61 Å². The Hall–Kier alpha value is -0.930. The van der Waals surface area contributed by atoms with Gasteiger partial charge in [0.15, 0.2) is 0 Å². The molecule has 0 aromatic heterocycles. The van der Waals surface area contributed by atoms with Gasteiger partial charge in [-0.3, -0.25) is 0 Å². The number of nitrogens with one attached hydrogen (secondary N) is 1. The third-order valence-electron chi connectivity index (χ3n) is 4.78. The normalized spacial score (nSPS) is 27.6. The van der Waals surface area contributed by atoms with E-state index in [1.54, 1.807) is 12.1 Å². The summed E-state index contributed by atoms with van der Waals surface area (Å²) in [6, 6.07) is 5.19. The van der Waals surface area contributed by atoms with Gasteiger partial charge in [0.25, 0.3) is 0 Å². The van der Waals surface area contributed by atoms with Crippen LogP contribution in [0.1, 0.15) is 56.7 Å². The Morgan fingerprint density at radius 1 is 1.48 bits per heavy atom. The fourth-order valence-electron chi connectivity index (χ4n) is 3.97. The molecule has 21 heavy (non-hydrogen) atoms. The van der Waals surface area contributed by atoms with Crippen LogP contribution < -0.4 is 5.32 Å². The number of halogens is 1. The molecule has 0 amide bonds. The van der Waals surface area contributed by atoms with Crippen LogP contribution in [0.5, 0.6) is 0 Å². The van der Waals surface area contributed by atoms with Gasteiger partial charge in [-0.1, -0.05) is 25.8 Å². The summed E-state index contributed by atoms with van der Waals surface area (Å²) < 4.78 is 19.7. The van der Waals surface area contributed by atoms with E-state index in [0.29, 0.717) is 12.5 Å². The van der Waals surface area contributed by atoms with E-state index < -0.39 is 0 Å². The van der Waals surface area contributed by atoms with Crippen molar-refractivity contribution in [3.63, 3.8) is 0 Å². The molecule has 1 aliphatic rings. The van der Waals surface area contributed by atoms with Gasteiger partial charge in [0.05, 0.1) is 11.6 Å². The number of likely N-dealkylation sites (N-methyl/N-ethyl adjacent to an activating group) is 1. The molecule has 0 aliphatic heterocycles. The zero-order valence-electron chi connectivity index (χ0n) is 13.7. The molecule has 1 saturated carbocycles. The largest absolute Gasteiger partial charge is 0.373 e. The molecule has 3 atom stereocenters. The van der Waals surface area contributed by atoms with Crippen LogP contribution in [-0.2, 0) is 4.74 Å². The molecule has 3 heteroatoms. The van der Waals surface area contributed by atoms with Gasteiger partial charge < -0.3 is 10.1 Å². The lowest BCUT2D eigenvalue weighted by Crippen LogP contribution is -2.48. The van der Waals surface area contributed by atoms with E-state index in [1.165, 1.54) is 12.8 Å². The third-order valence-corrected chi connectivity index (χ3v) is 4.78. The van der Waals surface area contributed by atoms with Gasteiger partial charge in [-0.2, -0.15) is 0 Å². The summed E-state index contributed by atoms with van der Waals surface area (Å²) in [5.74, 6) is 0.496. The molecule has 1 aromatic carbocycles. The highest BCUT2D eigenvalue weighted by molar-refractivity contribution is 5.32. The molecule has 118 valence electrons. The van der Waals surface area contributed by atoms with Crippen LogP contribution in [0.4, 0.5) is 4.39 Å². The average Bonchev–Trinajstić information content (AvgIpc) is 2.42. The zero-order valence-corrected chi connectivity index (χ0v) is 13.7. The van der Waals surface area contributed by atoms with Gasteiger partial charge >= 0.3 is 0 Å². The van der Waals surface area contributed by atoms with E-state index >= 15 is 0 Å². The van der Waals surface area contributed by atoms with Crippen LogP contribution in [-0.4, -0.2) is 19.3 Å². The highest BCUT2D eigenvalue weighted by Gasteiger charge is 2.43. The Morgan fingerprint density at radius 2 is 2.24 bits per heavy atom. The second kappa shape index (κ2) is 6.89. The number of rotatable bonds is 5. The van der Waals surface area contributed by atoms with Crippen LogP contribution in [0.25, 0.3) is 0 Å². The highest BCUT2D eigenvalue weighted by Crippen LogP contribution is 2.44. The molecule has 0 heterocycles. The summed E-state index contributed by atoms with van der Waals surface area (Å²) in [6.07, 6.45) is 4.59. The maximum Gasteiger partial charge on any atom is 0.123 e. The minimum atomic E-state index is -0.177. The Morgan fingerprint density at radius 3 is 2.81 bits per heavy atom. The number of ether oxygens (including phenoxy) is 1. The van der Waals surface area contributed by atoms with E-state index in [9.17, 15) is 4.39 Å². The lowest BCUT2D eigenvalue weighted by Gasteiger charge is -2.45. The molecule has 0 radical (unpaired) electrons. The van der Waals surface area contributed by atoms with Crippen LogP contribution in [0.3, 0.4) is 0 Å². The van der Waals surface area contributed by atoms with Crippen LogP contribution >= 0.6 is 0 Å².